The molecule has 0 aliphatic heterocycles. The van der Waals surface area contributed by atoms with Crippen molar-refractivity contribution >= 4 is 51.1 Å². The van der Waals surface area contributed by atoms with Crippen molar-refractivity contribution in [1.29, 1.82) is 0 Å². The van der Waals surface area contributed by atoms with E-state index in [4.69, 9.17) is 30.5 Å². The highest BCUT2D eigenvalue weighted by atomic mass is 35.5. The Morgan fingerprint density at radius 2 is 1.78 bits per heavy atom. The molecule has 1 N–H and O–H groups in total. The first-order chi connectivity index (χ1) is 17.8. The van der Waals surface area contributed by atoms with Gasteiger partial charge < -0.3 is 24.3 Å². The van der Waals surface area contributed by atoms with Gasteiger partial charge in [0.2, 0.25) is 0 Å². The summed E-state index contributed by atoms with van der Waals surface area (Å²) in [5.41, 5.74) is 1.72. The highest BCUT2D eigenvalue weighted by Crippen LogP contribution is 2.40. The molecule has 1 aromatic heterocycles. The number of ether oxygens (including phenoxy) is 4. The molecule has 1 heterocycles. The third-order valence-electron chi connectivity index (χ3n) is 5.37. The van der Waals surface area contributed by atoms with E-state index in [1.807, 2.05) is 13.8 Å². The van der Waals surface area contributed by atoms with Crippen LogP contribution in [0, 0.1) is 0 Å². The molecule has 0 unspecified atom stereocenters. The number of carbonyl (C=O) groups is 2. The molecule has 0 saturated carbocycles. The van der Waals surface area contributed by atoms with Crippen molar-refractivity contribution in [2.45, 2.75) is 20.0 Å². The third-order valence-corrected chi connectivity index (χ3v) is 5.76. The maximum absolute atomic E-state index is 12.6. The molecule has 9 nitrogen and oxygen atoms in total. The van der Waals surface area contributed by atoms with E-state index in [2.05, 4.69) is 15.3 Å². The summed E-state index contributed by atoms with van der Waals surface area (Å²) < 4.78 is 22.2. The molecule has 3 aromatic rings. The summed E-state index contributed by atoms with van der Waals surface area (Å²) in [7, 11) is 3.15. The van der Waals surface area contributed by atoms with Crippen molar-refractivity contribution in [3.63, 3.8) is 0 Å². The number of rotatable bonds is 10. The summed E-state index contributed by atoms with van der Waals surface area (Å²) in [6.07, 6.45) is 4.96. The van der Waals surface area contributed by atoms with Crippen LogP contribution in [0.25, 0.3) is 16.5 Å². The average molecular weight is 524 g/mol. The van der Waals surface area contributed by atoms with E-state index in [9.17, 15) is 9.59 Å². The highest BCUT2D eigenvalue weighted by molar-refractivity contribution is 6.40. The molecular formula is C27H26ClN3O6. The minimum Gasteiger partial charge on any atom is -0.493 e. The first-order valence-corrected chi connectivity index (χ1v) is 11.9. The van der Waals surface area contributed by atoms with Crippen LogP contribution in [-0.2, 0) is 14.3 Å². The zero-order valence-electron chi connectivity index (χ0n) is 20.8. The lowest BCUT2D eigenvalue weighted by Gasteiger charge is -2.19. The lowest BCUT2D eigenvalue weighted by Crippen LogP contribution is -2.10. The van der Waals surface area contributed by atoms with Gasteiger partial charge in [-0.2, -0.15) is 0 Å². The topological polar surface area (TPSA) is 109 Å². The first-order valence-electron chi connectivity index (χ1n) is 11.5. The maximum Gasteiger partial charge on any atom is 0.186 e. The molecule has 0 spiro atoms. The van der Waals surface area contributed by atoms with E-state index in [0.717, 1.165) is 0 Å². The molecular weight excluding hydrogens is 498 g/mol. The molecule has 0 radical (unpaired) electrons. The van der Waals surface area contributed by atoms with E-state index in [1.54, 1.807) is 38.5 Å². The molecule has 2 aromatic carbocycles. The number of aromatic nitrogens is 2. The second-order valence-electron chi connectivity index (χ2n) is 8.37. The van der Waals surface area contributed by atoms with E-state index in [0.29, 0.717) is 58.4 Å². The van der Waals surface area contributed by atoms with Crippen molar-refractivity contribution in [1.82, 2.24) is 9.97 Å². The Hall–Kier alpha value is -3.95. The average Bonchev–Trinajstić information content (AvgIpc) is 2.87. The van der Waals surface area contributed by atoms with Crippen LogP contribution in [0.4, 0.5) is 11.5 Å². The molecule has 0 saturated heterocycles. The van der Waals surface area contributed by atoms with Crippen LogP contribution < -0.4 is 19.5 Å². The van der Waals surface area contributed by atoms with Crippen molar-refractivity contribution in [2.24, 2.45) is 0 Å². The molecule has 4 rings (SSSR count). The lowest BCUT2D eigenvalue weighted by molar-refractivity contribution is -0.113. The van der Waals surface area contributed by atoms with E-state index in [-0.39, 0.29) is 28.3 Å². The molecule has 1 aliphatic carbocycles. The predicted molar refractivity (Wildman–Crippen MR) is 141 cm³/mol. The van der Waals surface area contributed by atoms with Gasteiger partial charge in [-0.25, -0.2) is 9.97 Å². The number of benzene rings is 2. The van der Waals surface area contributed by atoms with Crippen LogP contribution in [0.15, 0.2) is 48.8 Å². The van der Waals surface area contributed by atoms with Gasteiger partial charge in [-0.15, -0.1) is 0 Å². The van der Waals surface area contributed by atoms with Gasteiger partial charge >= 0.3 is 0 Å². The Morgan fingerprint density at radius 3 is 2.51 bits per heavy atom. The van der Waals surface area contributed by atoms with Crippen molar-refractivity contribution < 1.29 is 28.5 Å². The SMILES string of the molecule is COCCOc1cc2ncnc(Nc3cc(OC(C)C)c(Cl)c(C4=CC(=O)C=CC4=O)c3)c2cc1OC. The van der Waals surface area contributed by atoms with Crippen molar-refractivity contribution in [2.75, 3.05) is 32.8 Å². The van der Waals surface area contributed by atoms with Gasteiger partial charge in [0.1, 0.15) is 24.5 Å². The summed E-state index contributed by atoms with van der Waals surface area (Å²) >= 11 is 6.63. The Labute approximate surface area is 219 Å². The number of nitrogens with zero attached hydrogens (tertiary/aromatic N) is 2. The van der Waals surface area contributed by atoms with E-state index >= 15 is 0 Å². The third kappa shape index (κ3) is 5.90. The van der Waals surface area contributed by atoms with Gasteiger partial charge in [0.15, 0.2) is 23.1 Å². The number of methoxy groups -OCH3 is 2. The fraction of sp³-hybridized carbons (Fsp3) is 0.259. The van der Waals surface area contributed by atoms with Crippen LogP contribution in [0.5, 0.6) is 17.2 Å². The Balaban J connectivity index is 1.78. The maximum atomic E-state index is 12.6. The van der Waals surface area contributed by atoms with Crippen molar-refractivity contribution in [3.05, 3.63) is 59.4 Å². The molecule has 37 heavy (non-hydrogen) atoms. The zero-order valence-corrected chi connectivity index (χ0v) is 21.6. The summed E-state index contributed by atoms with van der Waals surface area (Å²) in [6, 6.07) is 6.93. The standard InChI is InChI=1S/C27H26ClN3O6/c1-15(2)37-25-10-16(9-19(26(25)28)18-11-17(32)5-6-22(18)33)31-27-20-12-23(35-4)24(36-8-7-34-3)13-21(20)29-14-30-27/h5-6,9-15H,7-8H2,1-4H3,(H,29,30,31). The van der Waals surface area contributed by atoms with Crippen LogP contribution in [-0.4, -0.2) is 55.1 Å². The van der Waals surface area contributed by atoms with Crippen LogP contribution in [0.1, 0.15) is 19.4 Å². The van der Waals surface area contributed by atoms with Crippen molar-refractivity contribution in [3.8, 4) is 17.2 Å². The smallest absolute Gasteiger partial charge is 0.186 e. The number of hydrogen-bond donors (Lipinski definition) is 1. The molecule has 0 amide bonds. The molecule has 1 aliphatic rings. The summed E-state index contributed by atoms with van der Waals surface area (Å²) in [4.78, 5) is 33.4. The lowest BCUT2D eigenvalue weighted by atomic mass is 9.95. The first kappa shape index (κ1) is 26.1. The number of anilines is 2. The quantitative estimate of drug-likeness (QED) is 0.292. The van der Waals surface area contributed by atoms with Gasteiger partial charge in [-0.05, 0) is 44.2 Å². The summed E-state index contributed by atoms with van der Waals surface area (Å²) in [6.45, 7) is 4.51. The largest absolute Gasteiger partial charge is 0.493 e. The van der Waals surface area contributed by atoms with E-state index < -0.39 is 0 Å². The summed E-state index contributed by atoms with van der Waals surface area (Å²) in [5.74, 6) is 1.25. The monoisotopic (exact) mass is 523 g/mol. The predicted octanol–water partition coefficient (Wildman–Crippen LogP) is 4.94. The minimum absolute atomic E-state index is 0.182. The number of halogens is 1. The fourth-order valence-electron chi connectivity index (χ4n) is 3.73. The summed E-state index contributed by atoms with van der Waals surface area (Å²) in [5, 5.41) is 4.17. The zero-order chi connectivity index (χ0) is 26.5. The van der Waals surface area contributed by atoms with Gasteiger partial charge in [0.25, 0.3) is 0 Å². The second kappa shape index (κ2) is 11.4. The number of nitrogens with one attached hydrogen (secondary N) is 1. The van der Waals surface area contributed by atoms with Crippen LogP contribution in [0.3, 0.4) is 0 Å². The normalized spacial score (nSPS) is 13.2. The highest BCUT2D eigenvalue weighted by Gasteiger charge is 2.22. The van der Waals surface area contributed by atoms with Gasteiger partial charge in [0.05, 0.1) is 30.4 Å². The second-order valence-corrected chi connectivity index (χ2v) is 8.75. The Bertz CT molecular complexity index is 1420. The van der Waals surface area contributed by atoms with Gasteiger partial charge in [-0.3, -0.25) is 9.59 Å². The number of fused-ring (bicyclic) bond motifs is 1. The molecule has 192 valence electrons. The number of ketones is 2. The Kier molecular flexibility index (Phi) is 8.05. The number of hydrogen-bond acceptors (Lipinski definition) is 9. The number of allylic oxidation sites excluding steroid dienone is 4. The van der Waals surface area contributed by atoms with Gasteiger partial charge in [0, 0.05) is 41.5 Å². The number of carbonyl (C=O) groups excluding carboxylic acids is 2. The molecule has 0 fully saturated rings. The molecule has 0 atom stereocenters. The van der Waals surface area contributed by atoms with Gasteiger partial charge in [-0.1, -0.05) is 11.6 Å². The van der Waals surface area contributed by atoms with E-state index in [1.165, 1.54) is 24.6 Å². The van der Waals surface area contributed by atoms with Crippen LogP contribution in [0.2, 0.25) is 5.02 Å². The van der Waals surface area contributed by atoms with Crippen LogP contribution >= 0.6 is 11.6 Å². The molecule has 0 bridgehead atoms. The minimum atomic E-state index is -0.327. The Morgan fingerprint density at radius 1 is 0.973 bits per heavy atom. The fourth-order valence-corrected chi connectivity index (χ4v) is 3.99. The molecule has 10 heteroatoms.